The molecule has 0 radical (unpaired) electrons. The van der Waals surface area contributed by atoms with Gasteiger partial charge in [-0.05, 0) is 88.5 Å². The summed E-state index contributed by atoms with van der Waals surface area (Å²) in [6.07, 6.45) is 4.58. The highest BCUT2D eigenvalue weighted by molar-refractivity contribution is 6.24. The molecule has 0 heterocycles. The predicted octanol–water partition coefficient (Wildman–Crippen LogP) is 4.34. The Labute approximate surface area is 170 Å². The average Bonchev–Trinajstić information content (AvgIpc) is 2.59. The lowest BCUT2D eigenvalue weighted by Crippen LogP contribution is -2.57. The minimum Gasteiger partial charge on any atom is -0.452 e. The summed E-state index contributed by atoms with van der Waals surface area (Å²) in [7, 11) is 0. The van der Waals surface area contributed by atoms with Crippen LogP contribution in [0.3, 0.4) is 0 Å². The van der Waals surface area contributed by atoms with E-state index in [9.17, 15) is 14.4 Å². The van der Waals surface area contributed by atoms with Crippen molar-refractivity contribution in [3.05, 3.63) is 29.8 Å². The predicted molar refractivity (Wildman–Crippen MR) is 106 cm³/mol. The molecule has 4 fully saturated rings. The molecule has 1 amide bonds. The summed E-state index contributed by atoms with van der Waals surface area (Å²) >= 11 is 6.79. The first kappa shape index (κ1) is 19.4. The number of amides is 1. The molecule has 2 unspecified atom stereocenters. The van der Waals surface area contributed by atoms with Crippen LogP contribution < -0.4 is 5.32 Å². The fourth-order valence-corrected chi connectivity index (χ4v) is 6.45. The molecule has 4 saturated carbocycles. The van der Waals surface area contributed by atoms with E-state index >= 15 is 0 Å². The number of Topliss-reactive ketones (excluding diaryl/α,β-unsaturated/α-hetero) is 1. The highest BCUT2D eigenvalue weighted by Crippen LogP contribution is 2.64. The average molecular weight is 404 g/mol. The quantitative estimate of drug-likeness (QED) is 0.451. The first-order valence-corrected chi connectivity index (χ1v) is 10.4. The first-order valence-electron chi connectivity index (χ1n) is 10.00. The number of hydrogen-bond acceptors (Lipinski definition) is 4. The van der Waals surface area contributed by atoms with Crippen LogP contribution in [0.5, 0.6) is 0 Å². The van der Waals surface area contributed by atoms with Crippen molar-refractivity contribution in [2.24, 2.45) is 17.3 Å². The second kappa shape index (κ2) is 6.87. The molecule has 1 aromatic rings. The van der Waals surface area contributed by atoms with Crippen LogP contribution in [0.2, 0.25) is 0 Å². The zero-order chi connectivity index (χ0) is 20.1. The molecular formula is C22H26ClNO4. The Bertz CT molecular complexity index is 804. The summed E-state index contributed by atoms with van der Waals surface area (Å²) < 4.78 is 5.61. The fourth-order valence-electron chi connectivity index (χ4n) is 5.76. The van der Waals surface area contributed by atoms with E-state index in [0.29, 0.717) is 29.5 Å². The summed E-state index contributed by atoms with van der Waals surface area (Å²) in [4.78, 5) is 36.6. The summed E-state index contributed by atoms with van der Waals surface area (Å²) in [6.45, 7) is 3.08. The van der Waals surface area contributed by atoms with Crippen molar-refractivity contribution in [3.8, 4) is 0 Å². The molecule has 4 bridgehead atoms. The molecule has 0 spiro atoms. The van der Waals surface area contributed by atoms with Gasteiger partial charge in [0.15, 0.2) is 11.9 Å². The van der Waals surface area contributed by atoms with Crippen molar-refractivity contribution in [2.45, 2.75) is 63.4 Å². The van der Waals surface area contributed by atoms with E-state index in [2.05, 4.69) is 5.32 Å². The Morgan fingerprint density at radius 2 is 1.71 bits per heavy atom. The summed E-state index contributed by atoms with van der Waals surface area (Å²) in [6, 6.07) is 6.65. The van der Waals surface area contributed by atoms with Gasteiger partial charge < -0.3 is 10.1 Å². The Morgan fingerprint density at radius 3 is 2.25 bits per heavy atom. The number of rotatable bonds is 5. The van der Waals surface area contributed by atoms with Gasteiger partial charge in [-0.25, -0.2) is 0 Å². The number of halogens is 1. The van der Waals surface area contributed by atoms with E-state index in [-0.39, 0.29) is 22.5 Å². The topological polar surface area (TPSA) is 72.5 Å². The van der Waals surface area contributed by atoms with Gasteiger partial charge in [0.2, 0.25) is 0 Å². The Balaban J connectivity index is 1.39. The van der Waals surface area contributed by atoms with Crippen molar-refractivity contribution in [3.63, 3.8) is 0 Å². The second-order valence-corrected chi connectivity index (χ2v) is 9.86. The molecule has 6 heteroatoms. The third kappa shape index (κ3) is 3.57. The van der Waals surface area contributed by atoms with Crippen molar-refractivity contribution >= 4 is 34.9 Å². The number of alkyl halides is 1. The van der Waals surface area contributed by atoms with E-state index in [1.165, 1.54) is 6.92 Å². The van der Waals surface area contributed by atoms with Gasteiger partial charge in [0.25, 0.3) is 5.91 Å². The van der Waals surface area contributed by atoms with Crippen molar-refractivity contribution in [1.29, 1.82) is 0 Å². The highest BCUT2D eigenvalue weighted by atomic mass is 35.5. The summed E-state index contributed by atoms with van der Waals surface area (Å²) in [5.74, 6) is 0.300. The number of benzene rings is 1. The maximum Gasteiger partial charge on any atom is 0.312 e. The number of nitrogens with one attached hydrogen (secondary N) is 1. The van der Waals surface area contributed by atoms with Crippen LogP contribution in [-0.2, 0) is 14.3 Å². The van der Waals surface area contributed by atoms with E-state index in [1.807, 2.05) is 0 Å². The second-order valence-electron chi connectivity index (χ2n) is 9.06. The number of ether oxygens (including phenoxy) is 1. The van der Waals surface area contributed by atoms with E-state index in [1.54, 1.807) is 31.2 Å². The molecule has 1 aromatic carbocycles. The molecule has 5 rings (SSSR count). The third-order valence-corrected chi connectivity index (χ3v) is 7.08. The number of ketones is 1. The third-order valence-electron chi connectivity index (χ3n) is 6.63. The van der Waals surface area contributed by atoms with Gasteiger partial charge >= 0.3 is 5.97 Å². The van der Waals surface area contributed by atoms with E-state index < -0.39 is 11.5 Å². The molecule has 5 atom stereocenters. The molecule has 0 aromatic heterocycles. The van der Waals surface area contributed by atoms with Crippen LogP contribution in [0.4, 0.5) is 5.69 Å². The number of hydrogen-bond donors (Lipinski definition) is 1. The fraction of sp³-hybridized carbons (Fsp3) is 0.591. The maximum atomic E-state index is 13.0. The van der Waals surface area contributed by atoms with Crippen LogP contribution in [0, 0.1) is 17.3 Å². The van der Waals surface area contributed by atoms with Gasteiger partial charge in [0.1, 0.15) is 0 Å². The molecule has 5 nitrogen and oxygen atoms in total. The number of esters is 1. The van der Waals surface area contributed by atoms with Crippen LogP contribution >= 0.6 is 11.6 Å². The molecule has 150 valence electrons. The minimum atomic E-state index is -0.890. The zero-order valence-corrected chi connectivity index (χ0v) is 17.1. The van der Waals surface area contributed by atoms with Crippen LogP contribution in [0.25, 0.3) is 0 Å². The molecule has 0 aliphatic heterocycles. The SMILES string of the molecule is CC(=O)c1ccc(NC(=O)[C@@H](C)OC(=O)C23C[C@@H]4C[C@@H](CC(Cl)(C4)C2)C3)cc1. The molecule has 0 saturated heterocycles. The lowest BCUT2D eigenvalue weighted by molar-refractivity contribution is -0.176. The summed E-state index contributed by atoms with van der Waals surface area (Å²) in [5.41, 5.74) is 0.616. The van der Waals surface area contributed by atoms with Gasteiger partial charge in [-0.2, -0.15) is 0 Å². The summed E-state index contributed by atoms with van der Waals surface area (Å²) in [5, 5.41) is 2.74. The molecular weight excluding hydrogens is 378 g/mol. The van der Waals surface area contributed by atoms with Gasteiger partial charge in [0, 0.05) is 16.1 Å². The van der Waals surface area contributed by atoms with Gasteiger partial charge in [-0.15, -0.1) is 11.6 Å². The molecule has 1 N–H and O–H groups in total. The smallest absolute Gasteiger partial charge is 0.312 e. The van der Waals surface area contributed by atoms with Gasteiger partial charge in [-0.1, -0.05) is 0 Å². The Morgan fingerprint density at radius 1 is 1.11 bits per heavy atom. The minimum absolute atomic E-state index is 0.0344. The number of carbonyl (C=O) groups excluding carboxylic acids is 3. The Hall–Kier alpha value is -1.88. The largest absolute Gasteiger partial charge is 0.452 e. The molecule has 4 aliphatic carbocycles. The van der Waals surface area contributed by atoms with Crippen molar-refractivity contribution in [1.82, 2.24) is 0 Å². The standard InChI is InChI=1S/C22H26ClNO4/c1-13(25)17-3-5-18(6-4-17)24-19(26)14(2)28-20(27)21-8-15-7-16(9-21)11-22(23,10-15)12-21/h3-6,14-16H,7-12H2,1-2H3,(H,24,26)/t14-,15-,16+,21?,22?/m1/s1. The Kier molecular flexibility index (Phi) is 4.77. The monoisotopic (exact) mass is 403 g/mol. The number of carbonyl (C=O) groups is 3. The highest BCUT2D eigenvalue weighted by Gasteiger charge is 2.61. The van der Waals surface area contributed by atoms with Crippen LogP contribution in [0.15, 0.2) is 24.3 Å². The zero-order valence-electron chi connectivity index (χ0n) is 16.3. The van der Waals surface area contributed by atoms with Crippen molar-refractivity contribution in [2.75, 3.05) is 5.32 Å². The van der Waals surface area contributed by atoms with Crippen molar-refractivity contribution < 1.29 is 19.1 Å². The lowest BCUT2D eigenvalue weighted by atomic mass is 9.49. The lowest BCUT2D eigenvalue weighted by Gasteiger charge is -2.58. The van der Waals surface area contributed by atoms with Gasteiger partial charge in [0.05, 0.1) is 5.41 Å². The number of anilines is 1. The molecule has 4 aliphatic rings. The maximum absolute atomic E-state index is 13.0. The normalized spacial score (nSPS) is 34.0. The van der Waals surface area contributed by atoms with E-state index in [0.717, 1.165) is 32.1 Å². The van der Waals surface area contributed by atoms with Crippen LogP contribution in [0.1, 0.15) is 62.7 Å². The van der Waals surface area contributed by atoms with Crippen LogP contribution in [-0.4, -0.2) is 28.6 Å². The van der Waals surface area contributed by atoms with Gasteiger partial charge in [-0.3, -0.25) is 14.4 Å². The van der Waals surface area contributed by atoms with E-state index in [4.69, 9.17) is 16.3 Å². The molecule has 28 heavy (non-hydrogen) atoms. The first-order chi connectivity index (χ1) is 13.2.